The molecule has 0 bridgehead atoms. The van der Waals surface area contributed by atoms with Gasteiger partial charge in [0.15, 0.2) is 4.80 Å². The highest BCUT2D eigenvalue weighted by atomic mass is 32.2. The summed E-state index contributed by atoms with van der Waals surface area (Å²) in [4.78, 5) is 17.2. The van der Waals surface area contributed by atoms with Crippen LogP contribution in [-0.2, 0) is 17.1 Å². The molecule has 3 aromatic rings. The lowest BCUT2D eigenvalue weighted by Gasteiger charge is -2.15. The van der Waals surface area contributed by atoms with Crippen LogP contribution in [0, 0.1) is 5.82 Å². The molecular formula is C19H18FN3O3S2. The summed E-state index contributed by atoms with van der Waals surface area (Å²) < 4.78 is 42.8. The summed E-state index contributed by atoms with van der Waals surface area (Å²) in [6, 6.07) is 10.5. The number of benzene rings is 2. The predicted octanol–water partition coefficient (Wildman–Crippen LogP) is 2.90. The molecule has 0 saturated carbocycles. The first kappa shape index (κ1) is 19.0. The van der Waals surface area contributed by atoms with E-state index in [1.807, 2.05) is 0 Å². The molecule has 2 aromatic carbocycles. The van der Waals surface area contributed by atoms with Gasteiger partial charge in [-0.15, -0.1) is 0 Å². The fraction of sp³-hybridized carbons (Fsp3) is 0.263. The molecule has 0 spiro atoms. The smallest absolute Gasteiger partial charge is 0.279 e. The number of amides is 1. The molecule has 28 heavy (non-hydrogen) atoms. The van der Waals surface area contributed by atoms with Crippen LogP contribution in [0.25, 0.3) is 10.2 Å². The molecule has 1 aliphatic rings. The highest BCUT2D eigenvalue weighted by molar-refractivity contribution is 7.89. The summed E-state index contributed by atoms with van der Waals surface area (Å²) >= 11 is 1.22. The van der Waals surface area contributed by atoms with Crippen molar-refractivity contribution in [2.45, 2.75) is 17.7 Å². The lowest BCUT2D eigenvalue weighted by atomic mass is 10.2. The first-order chi connectivity index (χ1) is 13.4. The topological polar surface area (TPSA) is 71.7 Å². The first-order valence-corrected chi connectivity index (χ1v) is 11.1. The average molecular weight is 420 g/mol. The Balaban J connectivity index is 1.65. The number of thiazole rings is 1. The molecule has 1 saturated heterocycles. The van der Waals surface area contributed by atoms with E-state index in [4.69, 9.17) is 0 Å². The summed E-state index contributed by atoms with van der Waals surface area (Å²) in [5, 5.41) is 0. The number of sulfonamides is 1. The third-order valence-corrected chi connectivity index (χ3v) is 7.78. The van der Waals surface area contributed by atoms with E-state index in [1.54, 1.807) is 23.7 Å². The molecule has 1 fully saturated rings. The number of para-hydroxylation sites is 1. The van der Waals surface area contributed by atoms with E-state index in [9.17, 15) is 17.6 Å². The summed E-state index contributed by atoms with van der Waals surface area (Å²) in [6.45, 7) is 1.05. The molecule has 146 valence electrons. The van der Waals surface area contributed by atoms with Crippen molar-refractivity contribution in [1.82, 2.24) is 8.87 Å². The van der Waals surface area contributed by atoms with E-state index < -0.39 is 15.9 Å². The molecule has 0 unspecified atom stereocenters. The monoisotopic (exact) mass is 419 g/mol. The molecule has 0 radical (unpaired) electrons. The number of carbonyl (C=O) groups excluding carboxylic acids is 1. The van der Waals surface area contributed by atoms with E-state index in [0.29, 0.717) is 28.1 Å². The van der Waals surface area contributed by atoms with E-state index in [-0.39, 0.29) is 16.3 Å². The maximum absolute atomic E-state index is 14.0. The van der Waals surface area contributed by atoms with Crippen LogP contribution in [0.15, 0.2) is 52.4 Å². The normalized spacial score (nSPS) is 16.1. The molecule has 1 aromatic heterocycles. The van der Waals surface area contributed by atoms with E-state index in [1.165, 1.54) is 46.0 Å². The Labute approximate surface area is 165 Å². The minimum atomic E-state index is -3.52. The van der Waals surface area contributed by atoms with Crippen LogP contribution in [0.4, 0.5) is 4.39 Å². The van der Waals surface area contributed by atoms with Crippen LogP contribution >= 0.6 is 11.3 Å². The van der Waals surface area contributed by atoms with Gasteiger partial charge in [-0.3, -0.25) is 4.79 Å². The van der Waals surface area contributed by atoms with Crippen molar-refractivity contribution in [2.75, 3.05) is 13.1 Å². The molecule has 0 aliphatic carbocycles. The van der Waals surface area contributed by atoms with Gasteiger partial charge in [0.25, 0.3) is 5.91 Å². The summed E-state index contributed by atoms with van der Waals surface area (Å²) in [5.41, 5.74) is 0.671. The highest BCUT2D eigenvalue weighted by Gasteiger charge is 2.27. The van der Waals surface area contributed by atoms with E-state index in [2.05, 4.69) is 4.99 Å². The number of aromatic nitrogens is 1. The van der Waals surface area contributed by atoms with Gasteiger partial charge in [-0.1, -0.05) is 17.4 Å². The maximum atomic E-state index is 14.0. The van der Waals surface area contributed by atoms with Crippen LogP contribution in [0.3, 0.4) is 0 Å². The number of hydrogen-bond acceptors (Lipinski definition) is 4. The van der Waals surface area contributed by atoms with Gasteiger partial charge in [-0.25, -0.2) is 12.8 Å². The zero-order valence-electron chi connectivity index (χ0n) is 15.1. The second kappa shape index (κ2) is 7.23. The standard InChI is InChI=1S/C19H18FN3O3S2/c1-22-17-15(20)5-4-6-16(17)27-19(22)21-18(24)13-7-9-14(10-8-13)28(25,26)23-11-2-3-12-23/h4-10H,2-3,11-12H2,1H3. The summed E-state index contributed by atoms with van der Waals surface area (Å²) in [6.07, 6.45) is 1.73. The van der Waals surface area contributed by atoms with Crippen LogP contribution in [0.5, 0.6) is 0 Å². The van der Waals surface area contributed by atoms with Crippen LogP contribution in [0.2, 0.25) is 0 Å². The number of halogens is 1. The minimum Gasteiger partial charge on any atom is -0.317 e. The lowest BCUT2D eigenvalue weighted by Crippen LogP contribution is -2.27. The largest absolute Gasteiger partial charge is 0.317 e. The van der Waals surface area contributed by atoms with Crippen molar-refractivity contribution in [1.29, 1.82) is 0 Å². The van der Waals surface area contributed by atoms with Crippen molar-refractivity contribution in [2.24, 2.45) is 12.0 Å². The van der Waals surface area contributed by atoms with Crippen molar-refractivity contribution in [3.05, 3.63) is 58.6 Å². The van der Waals surface area contributed by atoms with Gasteiger partial charge >= 0.3 is 0 Å². The molecule has 9 heteroatoms. The molecule has 1 amide bonds. The molecule has 6 nitrogen and oxygen atoms in total. The van der Waals surface area contributed by atoms with Gasteiger partial charge in [0.05, 0.1) is 15.1 Å². The fourth-order valence-electron chi connectivity index (χ4n) is 3.26. The zero-order valence-corrected chi connectivity index (χ0v) is 16.8. The van der Waals surface area contributed by atoms with Gasteiger partial charge in [0.2, 0.25) is 10.0 Å². The zero-order chi connectivity index (χ0) is 19.9. The SMILES string of the molecule is Cn1c(=NC(=O)c2ccc(S(=O)(=O)N3CCCC3)cc2)sc2cccc(F)c21. The second-order valence-corrected chi connectivity index (χ2v) is 9.53. The third-order valence-electron chi connectivity index (χ3n) is 4.77. The molecular weight excluding hydrogens is 401 g/mol. The Morgan fingerprint density at radius 1 is 1.11 bits per heavy atom. The van der Waals surface area contributed by atoms with Gasteiger partial charge in [0.1, 0.15) is 5.82 Å². The number of hydrogen-bond donors (Lipinski definition) is 0. The summed E-state index contributed by atoms with van der Waals surface area (Å²) in [5.74, 6) is -0.880. The van der Waals surface area contributed by atoms with Crippen LogP contribution in [-0.4, -0.2) is 36.3 Å². The fourth-order valence-corrected chi connectivity index (χ4v) is 5.81. The van der Waals surface area contributed by atoms with Gasteiger partial charge in [0, 0.05) is 25.7 Å². The number of rotatable bonds is 3. The third kappa shape index (κ3) is 3.30. The predicted molar refractivity (Wildman–Crippen MR) is 105 cm³/mol. The van der Waals surface area contributed by atoms with Crippen molar-refractivity contribution in [3.8, 4) is 0 Å². The Kier molecular flexibility index (Phi) is 4.90. The highest BCUT2D eigenvalue weighted by Crippen LogP contribution is 2.22. The van der Waals surface area contributed by atoms with Crippen molar-refractivity contribution >= 4 is 37.5 Å². The number of carbonyl (C=O) groups is 1. The van der Waals surface area contributed by atoms with Gasteiger partial charge in [-0.05, 0) is 49.2 Å². The Hall–Kier alpha value is -2.36. The van der Waals surface area contributed by atoms with Crippen LogP contribution < -0.4 is 4.80 Å². The van der Waals surface area contributed by atoms with Crippen LogP contribution in [0.1, 0.15) is 23.2 Å². The Bertz CT molecular complexity index is 1220. The number of fused-ring (bicyclic) bond motifs is 1. The van der Waals surface area contributed by atoms with Gasteiger partial charge in [-0.2, -0.15) is 9.30 Å². The first-order valence-electron chi connectivity index (χ1n) is 8.81. The Morgan fingerprint density at radius 2 is 1.79 bits per heavy atom. The maximum Gasteiger partial charge on any atom is 0.279 e. The van der Waals surface area contributed by atoms with Crippen molar-refractivity contribution in [3.63, 3.8) is 0 Å². The second-order valence-electron chi connectivity index (χ2n) is 6.58. The molecule has 0 atom stereocenters. The minimum absolute atomic E-state index is 0.167. The Morgan fingerprint density at radius 3 is 2.43 bits per heavy atom. The molecule has 1 aliphatic heterocycles. The number of nitrogens with zero attached hydrogens (tertiary/aromatic N) is 3. The molecule has 0 N–H and O–H groups in total. The lowest BCUT2D eigenvalue weighted by molar-refractivity contribution is 0.0998. The van der Waals surface area contributed by atoms with Crippen molar-refractivity contribution < 1.29 is 17.6 Å². The van der Waals surface area contributed by atoms with Gasteiger partial charge < -0.3 is 4.57 Å². The van der Waals surface area contributed by atoms with E-state index >= 15 is 0 Å². The number of aryl methyl sites for hydroxylation is 1. The average Bonchev–Trinajstić information content (AvgIpc) is 3.32. The van der Waals surface area contributed by atoms with E-state index in [0.717, 1.165) is 12.8 Å². The molecule has 2 heterocycles. The molecule has 4 rings (SSSR count). The summed E-state index contributed by atoms with van der Waals surface area (Å²) in [7, 11) is -1.87. The quantitative estimate of drug-likeness (QED) is 0.655.